The zero-order valence-electron chi connectivity index (χ0n) is 15.1. The van der Waals surface area contributed by atoms with Gasteiger partial charge < -0.3 is 5.32 Å². The minimum atomic E-state index is -0.333. The zero-order chi connectivity index (χ0) is 20.4. The third-order valence-corrected chi connectivity index (χ3v) is 6.11. The number of nitrogens with one attached hydrogen (secondary N) is 1. The van der Waals surface area contributed by atoms with Gasteiger partial charge in [0, 0.05) is 18.1 Å². The summed E-state index contributed by atoms with van der Waals surface area (Å²) >= 11 is 13.3. The molecule has 0 aliphatic heterocycles. The third kappa shape index (κ3) is 4.06. The van der Waals surface area contributed by atoms with Crippen LogP contribution in [0.5, 0.6) is 0 Å². The van der Waals surface area contributed by atoms with Crippen LogP contribution in [-0.4, -0.2) is 10.9 Å². The van der Waals surface area contributed by atoms with E-state index in [2.05, 4.69) is 10.3 Å². The number of amides is 1. The van der Waals surface area contributed by atoms with Gasteiger partial charge in [-0.2, -0.15) is 0 Å². The second-order valence-corrected chi connectivity index (χ2v) is 8.01. The molecular formula is C21H16Cl2N4OS. The summed E-state index contributed by atoms with van der Waals surface area (Å²) in [6.07, 6.45) is 1.78. The van der Waals surface area contributed by atoms with Gasteiger partial charge in [-0.05, 0) is 47.3 Å². The molecule has 0 aliphatic carbocycles. The SMILES string of the molecule is NN(C(=O)c1sccc1NCc1ccnc2ccccc12)c1ccc(Cl)c(Cl)c1. The second kappa shape index (κ2) is 8.39. The van der Waals surface area contributed by atoms with E-state index in [4.69, 9.17) is 29.0 Å². The van der Waals surface area contributed by atoms with Crippen LogP contribution in [0.2, 0.25) is 10.0 Å². The monoisotopic (exact) mass is 442 g/mol. The van der Waals surface area contributed by atoms with Crippen LogP contribution in [0.3, 0.4) is 0 Å². The largest absolute Gasteiger partial charge is 0.380 e. The second-order valence-electron chi connectivity index (χ2n) is 6.28. The molecule has 0 unspecified atom stereocenters. The maximum absolute atomic E-state index is 12.9. The molecule has 2 aromatic heterocycles. The maximum Gasteiger partial charge on any atom is 0.284 e. The number of rotatable bonds is 5. The first-order valence-corrected chi connectivity index (χ1v) is 10.4. The highest BCUT2D eigenvalue weighted by Crippen LogP contribution is 2.30. The van der Waals surface area contributed by atoms with Crippen molar-refractivity contribution in [1.29, 1.82) is 0 Å². The molecule has 4 aromatic rings. The number of carbonyl (C=O) groups is 1. The van der Waals surface area contributed by atoms with Crippen LogP contribution >= 0.6 is 34.5 Å². The van der Waals surface area contributed by atoms with Crippen molar-refractivity contribution in [3.8, 4) is 0 Å². The molecule has 2 aromatic carbocycles. The maximum atomic E-state index is 12.9. The number of nitrogens with zero attached hydrogens (tertiary/aromatic N) is 2. The number of para-hydroxylation sites is 1. The molecule has 0 bridgehead atoms. The number of benzene rings is 2. The Bertz CT molecular complexity index is 1190. The lowest BCUT2D eigenvalue weighted by Crippen LogP contribution is -2.37. The lowest BCUT2D eigenvalue weighted by atomic mass is 10.1. The predicted molar refractivity (Wildman–Crippen MR) is 121 cm³/mol. The number of pyridine rings is 1. The summed E-state index contributed by atoms with van der Waals surface area (Å²) in [6.45, 7) is 0.553. The Morgan fingerprint density at radius 2 is 1.93 bits per heavy atom. The standard InChI is InChI=1S/C21H16Cl2N4OS/c22-16-6-5-14(11-17(16)23)27(24)21(28)20-19(8-10-29-20)26-12-13-7-9-25-18-4-2-1-3-15(13)18/h1-11,26H,12,24H2. The molecular weight excluding hydrogens is 427 g/mol. The van der Waals surface area contributed by atoms with Crippen LogP contribution in [0.1, 0.15) is 15.2 Å². The summed E-state index contributed by atoms with van der Waals surface area (Å²) in [5, 5.41) is 8.07. The number of nitrogens with two attached hydrogens (primary N) is 1. The summed E-state index contributed by atoms with van der Waals surface area (Å²) in [7, 11) is 0. The van der Waals surface area contributed by atoms with Crippen molar-refractivity contribution in [1.82, 2.24) is 4.98 Å². The van der Waals surface area contributed by atoms with E-state index >= 15 is 0 Å². The van der Waals surface area contributed by atoms with Crippen LogP contribution in [0.15, 0.2) is 66.2 Å². The van der Waals surface area contributed by atoms with Gasteiger partial charge in [0.25, 0.3) is 5.91 Å². The Morgan fingerprint density at radius 3 is 2.76 bits per heavy atom. The third-order valence-electron chi connectivity index (χ3n) is 4.47. The van der Waals surface area contributed by atoms with Gasteiger partial charge in [-0.1, -0.05) is 41.4 Å². The van der Waals surface area contributed by atoms with E-state index in [1.807, 2.05) is 41.8 Å². The van der Waals surface area contributed by atoms with Gasteiger partial charge in [-0.25, -0.2) is 10.9 Å². The molecule has 0 fully saturated rings. The fourth-order valence-electron chi connectivity index (χ4n) is 2.98. The summed E-state index contributed by atoms with van der Waals surface area (Å²) in [5.41, 5.74) is 3.20. The Hall–Kier alpha value is -2.64. The first-order chi connectivity index (χ1) is 14.0. The number of aromatic nitrogens is 1. The van der Waals surface area contributed by atoms with Crippen LogP contribution in [0, 0.1) is 0 Å². The van der Waals surface area contributed by atoms with Crippen molar-refractivity contribution in [2.24, 2.45) is 5.84 Å². The van der Waals surface area contributed by atoms with Crippen LogP contribution < -0.4 is 16.2 Å². The van der Waals surface area contributed by atoms with E-state index in [0.29, 0.717) is 27.2 Å². The number of hydrogen-bond acceptors (Lipinski definition) is 5. The Morgan fingerprint density at radius 1 is 1.10 bits per heavy atom. The molecule has 0 aliphatic rings. The minimum absolute atomic E-state index is 0.333. The normalized spacial score (nSPS) is 10.9. The van der Waals surface area contributed by atoms with Crippen LogP contribution in [0.4, 0.5) is 11.4 Å². The molecule has 0 saturated heterocycles. The van der Waals surface area contributed by atoms with Crippen molar-refractivity contribution < 1.29 is 4.79 Å². The fourth-order valence-corrected chi connectivity index (χ4v) is 4.07. The summed E-state index contributed by atoms with van der Waals surface area (Å²) in [5.74, 6) is 5.72. The smallest absolute Gasteiger partial charge is 0.284 e. The van der Waals surface area contributed by atoms with Crippen LogP contribution in [0.25, 0.3) is 10.9 Å². The minimum Gasteiger partial charge on any atom is -0.380 e. The quantitative estimate of drug-likeness (QED) is 0.235. The lowest BCUT2D eigenvalue weighted by molar-refractivity contribution is 0.0991. The molecule has 0 spiro atoms. The molecule has 146 valence electrons. The van der Waals surface area contributed by atoms with E-state index < -0.39 is 0 Å². The Labute approximate surface area is 181 Å². The molecule has 2 heterocycles. The molecule has 1 amide bonds. The molecule has 5 nitrogen and oxygen atoms in total. The highest BCUT2D eigenvalue weighted by molar-refractivity contribution is 7.12. The molecule has 0 atom stereocenters. The van der Waals surface area contributed by atoms with Gasteiger partial charge in [0.05, 0.1) is 26.9 Å². The van der Waals surface area contributed by atoms with E-state index in [1.165, 1.54) is 11.3 Å². The first kappa shape index (κ1) is 19.7. The van der Waals surface area contributed by atoms with E-state index in [9.17, 15) is 4.79 Å². The summed E-state index contributed by atoms with van der Waals surface area (Å²) in [6, 6.07) is 16.6. The predicted octanol–water partition coefficient (Wildman–Crippen LogP) is 5.74. The molecule has 0 radical (unpaired) electrons. The van der Waals surface area contributed by atoms with E-state index in [0.717, 1.165) is 27.2 Å². The fraction of sp³-hybridized carbons (Fsp3) is 0.0476. The van der Waals surface area contributed by atoms with Gasteiger partial charge in [-0.3, -0.25) is 9.78 Å². The van der Waals surface area contributed by atoms with Gasteiger partial charge in [0.1, 0.15) is 4.88 Å². The van der Waals surface area contributed by atoms with Gasteiger partial charge in [0.15, 0.2) is 0 Å². The number of halogens is 2. The first-order valence-electron chi connectivity index (χ1n) is 8.73. The highest BCUT2D eigenvalue weighted by Gasteiger charge is 2.20. The number of carbonyl (C=O) groups excluding carboxylic acids is 1. The number of hydrazine groups is 1. The van der Waals surface area contributed by atoms with Crippen molar-refractivity contribution >= 4 is 62.7 Å². The van der Waals surface area contributed by atoms with Gasteiger partial charge >= 0.3 is 0 Å². The molecule has 29 heavy (non-hydrogen) atoms. The molecule has 8 heteroatoms. The molecule has 4 rings (SSSR count). The van der Waals surface area contributed by atoms with E-state index in [1.54, 1.807) is 24.4 Å². The number of anilines is 2. The van der Waals surface area contributed by atoms with Crippen molar-refractivity contribution in [3.63, 3.8) is 0 Å². The van der Waals surface area contributed by atoms with Crippen molar-refractivity contribution in [3.05, 3.63) is 86.7 Å². The average Bonchev–Trinajstić information content (AvgIpc) is 3.21. The highest BCUT2D eigenvalue weighted by atomic mass is 35.5. The van der Waals surface area contributed by atoms with E-state index in [-0.39, 0.29) is 5.91 Å². The summed E-state index contributed by atoms with van der Waals surface area (Å²) < 4.78 is 0. The Kier molecular flexibility index (Phi) is 5.69. The average molecular weight is 443 g/mol. The zero-order valence-corrected chi connectivity index (χ0v) is 17.4. The molecule has 0 saturated carbocycles. The Balaban J connectivity index is 1.55. The number of thiophene rings is 1. The summed E-state index contributed by atoms with van der Waals surface area (Å²) in [4.78, 5) is 17.8. The number of fused-ring (bicyclic) bond motifs is 1. The van der Waals surface area contributed by atoms with Crippen LogP contribution in [-0.2, 0) is 6.54 Å². The molecule has 3 N–H and O–H groups in total. The number of hydrogen-bond donors (Lipinski definition) is 2. The van der Waals surface area contributed by atoms with Crippen molar-refractivity contribution in [2.45, 2.75) is 6.54 Å². The van der Waals surface area contributed by atoms with Gasteiger partial charge in [-0.15, -0.1) is 11.3 Å². The topological polar surface area (TPSA) is 71.2 Å². The van der Waals surface area contributed by atoms with Crippen molar-refractivity contribution in [2.75, 3.05) is 10.3 Å². The van der Waals surface area contributed by atoms with Gasteiger partial charge in [0.2, 0.25) is 0 Å². The lowest BCUT2D eigenvalue weighted by Gasteiger charge is -2.18.